The molecule has 6 aromatic rings. The van der Waals surface area contributed by atoms with Crippen molar-refractivity contribution in [2.75, 3.05) is 13.2 Å². The number of alkyl halides is 11. The number of hydrogen-bond donors (Lipinski definition) is 1. The molecular formula is C56H43BiBr4F20O5. The second-order valence-corrected chi connectivity index (χ2v) is 64.7. The predicted molar refractivity (Wildman–Crippen MR) is 293 cm³/mol. The van der Waals surface area contributed by atoms with E-state index in [0.29, 0.717) is 73.5 Å². The second kappa shape index (κ2) is 31.9. The van der Waals surface area contributed by atoms with Gasteiger partial charge in [-0.25, -0.2) is 43.9 Å². The first kappa shape index (κ1) is 74.1. The molecule has 0 aliphatic carbocycles. The van der Waals surface area contributed by atoms with Crippen LogP contribution in [0.5, 0.6) is 11.5 Å². The number of carbonyl (C=O) groups excluding carboxylic acids is 1. The number of ether oxygens (including phenoxy) is 3. The van der Waals surface area contributed by atoms with Crippen molar-refractivity contribution in [2.24, 2.45) is 11.8 Å². The maximum absolute atomic E-state index is 14.9. The Hall–Kier alpha value is -4.35. The van der Waals surface area contributed by atoms with E-state index in [1.165, 1.54) is 0 Å². The van der Waals surface area contributed by atoms with Gasteiger partial charge >= 0.3 is 75.9 Å². The summed E-state index contributed by atoms with van der Waals surface area (Å²) >= 11 is 12.3. The minimum absolute atomic E-state index is 0.00496. The zero-order valence-electron chi connectivity index (χ0n) is 43.8. The van der Waals surface area contributed by atoms with Gasteiger partial charge in [-0.15, -0.1) is 6.58 Å². The van der Waals surface area contributed by atoms with E-state index in [1.807, 2.05) is 13.0 Å². The molecule has 4 unspecified atom stereocenters. The molecule has 1 aliphatic heterocycles. The van der Waals surface area contributed by atoms with Crippen LogP contribution >= 0.6 is 52.6 Å². The molecule has 1 aliphatic rings. The van der Waals surface area contributed by atoms with E-state index in [1.54, 1.807) is 0 Å². The summed E-state index contributed by atoms with van der Waals surface area (Å²) in [6.07, 6.45) is -14.6. The molecule has 0 bridgehead atoms. The topological polar surface area (TPSA) is 65.0 Å². The number of rotatable bonds is 16. The monoisotopic (exact) mass is 1700 g/mol. The van der Waals surface area contributed by atoms with E-state index in [2.05, 4.69) is 75.6 Å². The molecule has 30 heteroatoms. The van der Waals surface area contributed by atoms with Crippen LogP contribution in [0.3, 0.4) is 0 Å². The molecule has 0 aromatic heterocycles. The van der Waals surface area contributed by atoms with Gasteiger partial charge in [0, 0.05) is 40.3 Å². The molecule has 0 spiro atoms. The molecule has 1 fully saturated rings. The van der Waals surface area contributed by atoms with E-state index in [9.17, 15) is 92.6 Å². The third kappa shape index (κ3) is 20.1. The van der Waals surface area contributed by atoms with Gasteiger partial charge in [0.25, 0.3) is 0 Å². The molecule has 1 saturated heterocycles. The van der Waals surface area contributed by atoms with Gasteiger partial charge in [0.1, 0.15) is 98.2 Å². The number of aliphatic hydroxyl groups is 1. The molecule has 0 saturated carbocycles. The zero-order chi connectivity index (χ0) is 65.0. The van der Waals surface area contributed by atoms with Crippen molar-refractivity contribution in [1.82, 2.24) is 0 Å². The first-order chi connectivity index (χ1) is 39.9. The summed E-state index contributed by atoms with van der Waals surface area (Å²) in [4.78, 5) is 10.6. The zero-order valence-corrected chi connectivity index (χ0v) is 53.6. The van der Waals surface area contributed by atoms with Crippen molar-refractivity contribution in [3.8, 4) is 33.8 Å². The first-order valence-corrected chi connectivity index (χ1v) is 48.0. The van der Waals surface area contributed by atoms with E-state index in [0.717, 1.165) is 25.7 Å². The summed E-state index contributed by atoms with van der Waals surface area (Å²) in [7, 11) is 0. The Morgan fingerprint density at radius 3 is 1.26 bits per heavy atom. The van der Waals surface area contributed by atoms with Crippen LogP contribution in [-0.2, 0) is 29.3 Å². The van der Waals surface area contributed by atoms with Crippen LogP contribution in [0.4, 0.5) is 87.8 Å². The summed E-state index contributed by atoms with van der Waals surface area (Å²) in [6, 6.07) is 6.19. The first-order valence-electron chi connectivity index (χ1n) is 24.5. The maximum atomic E-state index is 14.9. The third-order valence-corrected chi connectivity index (χ3v) is 13.3. The Bertz CT molecular complexity index is 3220. The molecule has 1 N–H and O–H groups in total. The summed E-state index contributed by atoms with van der Waals surface area (Å²) in [5.41, 5.74) is -11.2. The molecule has 1 heterocycles. The van der Waals surface area contributed by atoms with Gasteiger partial charge in [0.2, 0.25) is 0 Å². The Morgan fingerprint density at radius 1 is 0.593 bits per heavy atom. The quantitative estimate of drug-likeness (QED) is 0.0344. The fourth-order valence-corrected chi connectivity index (χ4v) is 9.07. The van der Waals surface area contributed by atoms with Gasteiger partial charge in [0.05, 0.1) is 12.7 Å². The van der Waals surface area contributed by atoms with Gasteiger partial charge in [-0.05, 0) is 121 Å². The average molecular weight is 1700 g/mol. The molecule has 7 rings (SSSR count). The van der Waals surface area contributed by atoms with Crippen LogP contribution in [0.1, 0.15) is 90.2 Å². The number of aldehydes is 1. The van der Waals surface area contributed by atoms with Crippen LogP contribution < -0.4 is 9.47 Å². The number of halogens is 24. The van der Waals surface area contributed by atoms with E-state index in [4.69, 9.17) is 9.84 Å². The number of carbonyl (C=O) groups is 1. The average Bonchev–Trinajstić information content (AvgIpc) is 1.55. The number of benzene rings is 6. The molecule has 6 aromatic carbocycles. The van der Waals surface area contributed by atoms with Crippen molar-refractivity contribution < 1.29 is 112 Å². The predicted octanol–water partition coefficient (Wildman–Crippen LogP) is 20.6. The van der Waals surface area contributed by atoms with Gasteiger partial charge in [-0.2, -0.15) is 43.9 Å². The Labute approximate surface area is 511 Å². The summed E-state index contributed by atoms with van der Waals surface area (Å²) in [6.45, 7) is 8.25. The summed E-state index contributed by atoms with van der Waals surface area (Å²) in [5, 5.41) is 8.59. The van der Waals surface area contributed by atoms with Crippen LogP contribution in [0, 0.1) is 70.0 Å². The fraction of sp³-hybridized carbons (Fsp3) is 0.304. The standard InChI is InChI=1S/C28H21BrF10O2.C21H8F10O2.C7H14O.Bi.3BrH/c1-2-3-13-12-40-24(11-18(13)29)15-8-22(33)26(23(34)9-15)28(38,39)41-16-4-5-17(19(30)10-16)14-6-20(31)25(21(32)7-14)27(35,36)37;22-13-7-11(33-21(30,31)19-14(23)3-9(8-32)4-15(19)24)1-2-12(13)10-5-16(25)18(17(26)6-10)20(27,28)29;1-3-5-7(4-2)6-8;;;;/h4-10,13,18,24H,2-3,11-12H2,1H3;1-8H;4,7-8H,2-3,5-6H2,1H3;;3*1H/q;;;+3;;;/p-3. The van der Waals surface area contributed by atoms with Gasteiger partial charge in [-0.1, -0.05) is 48.7 Å². The van der Waals surface area contributed by atoms with E-state index < -0.39 is 165 Å². The molecule has 470 valence electrons. The van der Waals surface area contributed by atoms with Crippen LogP contribution in [0.2, 0.25) is 0 Å². The van der Waals surface area contributed by atoms with Gasteiger partial charge in [0.15, 0.2) is 0 Å². The van der Waals surface area contributed by atoms with Crippen molar-refractivity contribution in [1.29, 1.82) is 0 Å². The summed E-state index contributed by atoms with van der Waals surface area (Å²) in [5.74, 6) is -19.3. The van der Waals surface area contributed by atoms with Crippen molar-refractivity contribution in [3.05, 3.63) is 189 Å². The van der Waals surface area contributed by atoms with Crippen LogP contribution in [0.15, 0.2) is 97.6 Å². The number of aliphatic hydroxyl groups excluding tert-OH is 1. The van der Waals surface area contributed by atoms with Gasteiger partial charge in [-0.3, -0.25) is 4.79 Å². The third-order valence-electron chi connectivity index (χ3n) is 12.2. The Morgan fingerprint density at radius 2 is 0.965 bits per heavy atom. The van der Waals surface area contributed by atoms with Crippen molar-refractivity contribution >= 4 is 73.6 Å². The normalized spacial score (nSPS) is 15.7. The number of hydrogen-bond acceptors (Lipinski definition) is 5. The molecule has 4 atom stereocenters. The van der Waals surface area contributed by atoms with E-state index in [-0.39, 0.29) is 59.5 Å². The Kier molecular flexibility index (Phi) is 27.5. The van der Waals surface area contributed by atoms with Crippen LogP contribution in [0.25, 0.3) is 22.3 Å². The van der Waals surface area contributed by atoms with Crippen LogP contribution in [-0.4, -0.2) is 44.1 Å². The van der Waals surface area contributed by atoms with Gasteiger partial charge < -0.3 is 19.3 Å². The Balaban J connectivity index is 0.000000314. The molecule has 5 nitrogen and oxygen atoms in total. The van der Waals surface area contributed by atoms with Crippen molar-refractivity contribution in [3.63, 3.8) is 0 Å². The second-order valence-electron chi connectivity index (χ2n) is 18.3. The molecular weight excluding hydrogens is 1660 g/mol. The summed E-state index contributed by atoms with van der Waals surface area (Å²) < 4.78 is 291. The molecule has 0 amide bonds. The molecule has 86 heavy (non-hydrogen) atoms. The van der Waals surface area contributed by atoms with E-state index >= 15 is 0 Å². The minimum atomic E-state index is -5.36. The van der Waals surface area contributed by atoms with Crippen molar-refractivity contribution in [2.45, 2.75) is 81.5 Å². The SMILES string of the molecule is C=CC(CO)CCC.CCCC1COC(c2cc(F)c(C(F)(F)Oc3ccc(-c4cc(F)c(C(F)(F)F)c(F)c4)c(F)c3)c(F)c2)CC1Br.O=Cc1cc(F)c(C(F)(F)Oc2ccc(-c3cc(F)c(C(F)(F)F)c(F)c3)c(F)c2)c(F)c1.[Br][Bi]([Br])[Br]. The molecule has 0 radical (unpaired) electrons. The fourth-order valence-electron chi connectivity index (χ4n) is 8.31.